The lowest BCUT2D eigenvalue weighted by molar-refractivity contribution is -0.151. The molecule has 7 heteroatoms. The highest BCUT2D eigenvalue weighted by molar-refractivity contribution is 5.86. The van der Waals surface area contributed by atoms with Crippen LogP contribution >= 0.6 is 0 Å². The number of piperazine rings is 1. The average molecular weight is 320 g/mol. The Kier molecular flexibility index (Phi) is 5.54. The summed E-state index contributed by atoms with van der Waals surface area (Å²) in [6.45, 7) is 10.1. The number of hydrogen-bond acceptors (Lipinski definition) is 5. The van der Waals surface area contributed by atoms with Crippen LogP contribution in [0.2, 0.25) is 0 Å². The van der Waals surface area contributed by atoms with Gasteiger partial charge >= 0.3 is 5.97 Å². The lowest BCUT2D eigenvalue weighted by atomic mass is 10.1. The number of methoxy groups -OCH3 is 1. The van der Waals surface area contributed by atoms with E-state index in [1.165, 1.54) is 7.11 Å². The number of rotatable bonds is 6. The summed E-state index contributed by atoms with van der Waals surface area (Å²) in [6, 6.07) is -0.268. The molecule has 0 bridgehead atoms. The number of allylic oxidation sites excluding steroid dienone is 1. The number of aryl methyl sites for hydroxylation is 1. The lowest BCUT2D eigenvalue weighted by Crippen LogP contribution is -2.56. The van der Waals surface area contributed by atoms with Gasteiger partial charge in [-0.25, -0.2) is 0 Å². The van der Waals surface area contributed by atoms with Gasteiger partial charge in [0.25, 0.3) is 0 Å². The van der Waals surface area contributed by atoms with Crippen molar-refractivity contribution in [1.29, 1.82) is 0 Å². The Morgan fingerprint density at radius 3 is 2.91 bits per heavy atom. The molecule has 0 saturated carbocycles. The van der Waals surface area contributed by atoms with Crippen LogP contribution in [0.4, 0.5) is 0 Å². The van der Waals surface area contributed by atoms with E-state index in [-0.39, 0.29) is 24.5 Å². The van der Waals surface area contributed by atoms with E-state index in [1.807, 2.05) is 24.7 Å². The maximum atomic E-state index is 12.4. The molecule has 1 aliphatic rings. The second-order valence-corrected chi connectivity index (χ2v) is 5.73. The molecular weight excluding hydrogens is 296 g/mol. The van der Waals surface area contributed by atoms with Gasteiger partial charge in [0.15, 0.2) is 0 Å². The predicted molar refractivity (Wildman–Crippen MR) is 85.6 cm³/mol. The van der Waals surface area contributed by atoms with Crippen LogP contribution in [-0.2, 0) is 27.4 Å². The molecule has 0 N–H and O–H groups in total. The van der Waals surface area contributed by atoms with Gasteiger partial charge in [0.2, 0.25) is 5.91 Å². The van der Waals surface area contributed by atoms with Crippen molar-refractivity contribution < 1.29 is 14.3 Å². The van der Waals surface area contributed by atoms with Crippen molar-refractivity contribution in [3.8, 4) is 0 Å². The van der Waals surface area contributed by atoms with E-state index in [9.17, 15) is 9.59 Å². The van der Waals surface area contributed by atoms with E-state index in [0.717, 1.165) is 17.8 Å². The number of amides is 1. The number of ether oxygens (including phenoxy) is 1. The molecule has 0 aromatic carbocycles. The summed E-state index contributed by atoms with van der Waals surface area (Å²) in [4.78, 5) is 27.4. The number of esters is 1. The Morgan fingerprint density at radius 2 is 2.26 bits per heavy atom. The van der Waals surface area contributed by atoms with E-state index >= 15 is 0 Å². The third kappa shape index (κ3) is 3.98. The second-order valence-electron chi connectivity index (χ2n) is 5.73. The van der Waals surface area contributed by atoms with E-state index in [4.69, 9.17) is 0 Å². The number of carbonyl (C=O) groups excluding carboxylic acids is 2. The molecule has 126 valence electrons. The Balaban J connectivity index is 2.01. The summed E-state index contributed by atoms with van der Waals surface area (Å²) in [5.41, 5.74) is 2.07. The first kappa shape index (κ1) is 17.2. The fourth-order valence-electron chi connectivity index (χ4n) is 2.73. The van der Waals surface area contributed by atoms with E-state index in [1.54, 1.807) is 11.0 Å². The zero-order valence-corrected chi connectivity index (χ0v) is 14.0. The van der Waals surface area contributed by atoms with Gasteiger partial charge in [0, 0.05) is 31.4 Å². The summed E-state index contributed by atoms with van der Waals surface area (Å²) >= 11 is 0. The topological polar surface area (TPSA) is 67.7 Å². The number of aromatic nitrogens is 2. The van der Waals surface area contributed by atoms with Crippen molar-refractivity contribution in [3.63, 3.8) is 0 Å². The van der Waals surface area contributed by atoms with Crippen molar-refractivity contribution in [2.45, 2.75) is 33.0 Å². The van der Waals surface area contributed by atoms with E-state index in [0.29, 0.717) is 19.6 Å². The molecule has 1 aliphatic heterocycles. The minimum absolute atomic E-state index is 0.0177. The average Bonchev–Trinajstić information content (AvgIpc) is 2.86. The molecule has 0 radical (unpaired) electrons. The normalized spacial score (nSPS) is 19.0. The second kappa shape index (κ2) is 7.41. The van der Waals surface area contributed by atoms with Crippen LogP contribution in [0.3, 0.4) is 0 Å². The van der Waals surface area contributed by atoms with Crippen LogP contribution in [0.25, 0.3) is 0 Å². The van der Waals surface area contributed by atoms with Crippen LogP contribution in [0.1, 0.15) is 18.2 Å². The first-order chi connectivity index (χ1) is 11.0. The molecular formula is C16H24N4O3. The summed E-state index contributed by atoms with van der Waals surface area (Å²) in [7, 11) is 1.33. The molecule has 1 atom stereocenters. The largest absolute Gasteiger partial charge is 0.468 e. The van der Waals surface area contributed by atoms with E-state index < -0.39 is 0 Å². The van der Waals surface area contributed by atoms with Gasteiger partial charge in [0.1, 0.15) is 6.54 Å². The summed E-state index contributed by atoms with van der Waals surface area (Å²) < 4.78 is 6.48. The highest BCUT2D eigenvalue weighted by atomic mass is 16.5. The molecule has 1 saturated heterocycles. The maximum absolute atomic E-state index is 12.4. The van der Waals surface area contributed by atoms with Crippen LogP contribution in [-0.4, -0.2) is 64.2 Å². The minimum Gasteiger partial charge on any atom is -0.468 e. The van der Waals surface area contributed by atoms with Crippen molar-refractivity contribution >= 4 is 11.9 Å². The standard InChI is InChI=1S/C16H24N4O3/c1-5-6-20-10-14(12(2)17-20)9-18-7-8-19(11-15(21)23-4)16(22)13(18)3/h5,10,13H,1,6-9,11H2,2-4H3/t13-/m0/s1. The van der Waals surface area contributed by atoms with Gasteiger partial charge in [-0.2, -0.15) is 5.10 Å². The van der Waals surface area contributed by atoms with E-state index in [2.05, 4.69) is 21.3 Å². The molecule has 1 fully saturated rings. The van der Waals surface area contributed by atoms with Crippen LogP contribution in [0.5, 0.6) is 0 Å². The lowest BCUT2D eigenvalue weighted by Gasteiger charge is -2.38. The molecule has 1 amide bonds. The minimum atomic E-state index is -0.388. The van der Waals surface area contributed by atoms with Gasteiger partial charge in [-0.05, 0) is 13.8 Å². The molecule has 1 aromatic heterocycles. The molecule has 2 rings (SSSR count). The first-order valence-electron chi connectivity index (χ1n) is 7.69. The third-order valence-corrected chi connectivity index (χ3v) is 4.16. The predicted octanol–water partition coefficient (Wildman–Crippen LogP) is 0.583. The molecule has 23 heavy (non-hydrogen) atoms. The number of nitrogens with zero attached hydrogens (tertiary/aromatic N) is 4. The van der Waals surface area contributed by atoms with Crippen LogP contribution in [0.15, 0.2) is 18.9 Å². The Hall–Kier alpha value is -2.15. The van der Waals surface area contributed by atoms with Gasteiger partial charge in [-0.15, -0.1) is 6.58 Å². The Labute approximate surface area is 136 Å². The maximum Gasteiger partial charge on any atom is 0.325 e. The van der Waals surface area contributed by atoms with Crippen molar-refractivity contribution in [2.24, 2.45) is 0 Å². The quantitative estimate of drug-likeness (QED) is 0.567. The van der Waals surface area contributed by atoms with Crippen molar-refractivity contribution in [3.05, 3.63) is 30.1 Å². The van der Waals surface area contributed by atoms with Gasteiger partial charge in [-0.3, -0.25) is 19.2 Å². The third-order valence-electron chi connectivity index (χ3n) is 4.16. The SMILES string of the molecule is C=CCn1cc(CN2CCN(CC(=O)OC)C(=O)[C@@H]2C)c(C)n1. The van der Waals surface area contributed by atoms with Crippen LogP contribution < -0.4 is 0 Å². The summed E-state index contributed by atoms with van der Waals surface area (Å²) in [5.74, 6) is -0.432. The number of carbonyl (C=O) groups is 2. The monoisotopic (exact) mass is 320 g/mol. The van der Waals surface area contributed by atoms with Gasteiger partial charge in [0.05, 0.1) is 25.4 Å². The van der Waals surface area contributed by atoms with Crippen molar-refractivity contribution in [1.82, 2.24) is 19.6 Å². The first-order valence-corrected chi connectivity index (χ1v) is 7.69. The van der Waals surface area contributed by atoms with Crippen molar-refractivity contribution in [2.75, 3.05) is 26.7 Å². The Bertz CT molecular complexity index is 596. The molecule has 1 aromatic rings. The molecule has 0 aliphatic carbocycles. The zero-order chi connectivity index (χ0) is 17.0. The number of hydrogen-bond donors (Lipinski definition) is 0. The summed E-state index contributed by atoms with van der Waals surface area (Å²) in [6.07, 6.45) is 3.79. The molecule has 7 nitrogen and oxygen atoms in total. The zero-order valence-electron chi connectivity index (χ0n) is 14.0. The van der Waals surface area contributed by atoms with Gasteiger partial charge < -0.3 is 9.64 Å². The Morgan fingerprint density at radius 1 is 1.52 bits per heavy atom. The van der Waals surface area contributed by atoms with Gasteiger partial charge in [-0.1, -0.05) is 6.08 Å². The fraction of sp³-hybridized carbons (Fsp3) is 0.562. The summed E-state index contributed by atoms with van der Waals surface area (Å²) in [5, 5.41) is 4.44. The molecule has 0 unspecified atom stereocenters. The molecule has 2 heterocycles. The van der Waals surface area contributed by atoms with Crippen LogP contribution in [0, 0.1) is 6.92 Å². The molecule has 0 spiro atoms. The highest BCUT2D eigenvalue weighted by Crippen LogP contribution is 2.17. The highest BCUT2D eigenvalue weighted by Gasteiger charge is 2.32. The fourth-order valence-corrected chi connectivity index (χ4v) is 2.73. The smallest absolute Gasteiger partial charge is 0.325 e.